The second kappa shape index (κ2) is 9.66. The summed E-state index contributed by atoms with van der Waals surface area (Å²) in [5, 5.41) is 2.91. The van der Waals surface area contributed by atoms with Gasteiger partial charge in [-0.1, -0.05) is 108 Å². The molecule has 0 nitrogen and oxygen atoms in total. The van der Waals surface area contributed by atoms with E-state index < -0.39 is 0 Å². The van der Waals surface area contributed by atoms with E-state index in [1.165, 1.54) is 23.1 Å². The van der Waals surface area contributed by atoms with Crippen LogP contribution in [-0.4, -0.2) is 22.6 Å². The molecule has 0 aliphatic rings. The van der Waals surface area contributed by atoms with E-state index in [0.29, 0.717) is 0 Å². The first-order valence-electron chi connectivity index (χ1n) is 10.2. The van der Waals surface area contributed by atoms with Gasteiger partial charge in [0.05, 0.1) is 0 Å². The third kappa shape index (κ3) is 5.53. The van der Waals surface area contributed by atoms with Crippen LogP contribution in [0, 0.1) is 0 Å². The van der Waals surface area contributed by atoms with Crippen molar-refractivity contribution >= 4 is 26.6 Å². The van der Waals surface area contributed by atoms with Crippen LogP contribution in [0.25, 0.3) is 10.8 Å². The highest BCUT2D eigenvalue weighted by Gasteiger charge is 2.21. The summed E-state index contributed by atoms with van der Waals surface area (Å²) in [7, 11) is 0.0569. The molecular weight excluding hydrogens is 350 g/mol. The molecule has 0 aliphatic heterocycles. The van der Waals surface area contributed by atoms with E-state index in [-0.39, 0.29) is 15.8 Å². The Morgan fingerprint density at radius 2 is 1.15 bits per heavy atom. The van der Waals surface area contributed by atoms with Crippen LogP contribution in [-0.2, 0) is 12.3 Å². The van der Waals surface area contributed by atoms with E-state index in [2.05, 4.69) is 91.8 Å². The van der Waals surface area contributed by atoms with Gasteiger partial charge >= 0.3 is 0 Å². The minimum Gasteiger partial charge on any atom is -0.0970 e. The van der Waals surface area contributed by atoms with Crippen molar-refractivity contribution in [2.24, 2.45) is 0 Å². The summed E-state index contributed by atoms with van der Waals surface area (Å²) in [5.74, 6) is 0. The molecule has 0 fully saturated rings. The van der Waals surface area contributed by atoms with Crippen molar-refractivity contribution in [3.05, 3.63) is 47.5 Å². The predicted octanol–water partition coefficient (Wildman–Crippen LogP) is 8.44. The molecule has 0 unspecified atom stereocenters. The molecule has 0 amide bonds. The van der Waals surface area contributed by atoms with Gasteiger partial charge in [-0.2, -0.15) is 0 Å². The Morgan fingerprint density at radius 3 is 1.69 bits per heavy atom. The molecule has 2 aromatic rings. The second-order valence-corrected chi connectivity index (χ2v) is 15.5. The summed E-state index contributed by atoms with van der Waals surface area (Å²) in [6, 6.07) is 14.1. The third-order valence-electron chi connectivity index (χ3n) is 5.38. The highest BCUT2D eigenvalue weighted by atomic mass is 31.1. The summed E-state index contributed by atoms with van der Waals surface area (Å²) in [5.41, 5.74) is 6.32. The van der Waals surface area contributed by atoms with Crippen LogP contribution in [0.4, 0.5) is 0 Å². The molecule has 0 aromatic heterocycles. The first-order chi connectivity index (χ1) is 12.2. The highest BCUT2D eigenvalue weighted by Crippen LogP contribution is 2.51. The largest absolute Gasteiger partial charge is 0.0970 e. The van der Waals surface area contributed by atoms with Crippen molar-refractivity contribution in [1.29, 1.82) is 0 Å². The zero-order chi connectivity index (χ0) is 19.4. The van der Waals surface area contributed by atoms with E-state index in [9.17, 15) is 0 Å². The highest BCUT2D eigenvalue weighted by molar-refractivity contribution is 7.58. The molecule has 0 N–H and O–H groups in total. The Bertz CT molecular complexity index is 684. The molecule has 0 spiro atoms. The fourth-order valence-corrected chi connectivity index (χ4v) is 9.12. The molecule has 144 valence electrons. The van der Waals surface area contributed by atoms with Crippen molar-refractivity contribution in [2.45, 2.75) is 90.3 Å². The lowest BCUT2D eigenvalue weighted by molar-refractivity contribution is 0.993. The predicted molar refractivity (Wildman–Crippen MR) is 126 cm³/mol. The first kappa shape index (κ1) is 21.9. The standard InChI is InChI=1S/C24H38P2/c1-17(2)25(18(3)4)15-21-13-22-11-9-10-12-24(22)23(14-21)16-26(19(5)6)20(7)8/h9-14,17-20H,15-16H2,1-8H3. The van der Waals surface area contributed by atoms with E-state index in [1.807, 2.05) is 0 Å². The van der Waals surface area contributed by atoms with Crippen LogP contribution in [0.3, 0.4) is 0 Å². The Balaban J connectivity index is 2.45. The molecule has 2 heteroatoms. The maximum Gasteiger partial charge on any atom is -0.00622 e. The molecular formula is C24H38P2. The molecule has 0 aliphatic carbocycles. The lowest BCUT2D eigenvalue weighted by Gasteiger charge is -2.28. The topological polar surface area (TPSA) is 0 Å². The van der Waals surface area contributed by atoms with Crippen LogP contribution in [0.15, 0.2) is 36.4 Å². The lowest BCUT2D eigenvalue weighted by Crippen LogP contribution is -2.07. The average molecular weight is 389 g/mol. The van der Waals surface area contributed by atoms with Gasteiger partial charge in [-0.15, -0.1) is 0 Å². The zero-order valence-electron chi connectivity index (χ0n) is 18.1. The normalized spacial score (nSPS) is 12.7. The molecule has 26 heavy (non-hydrogen) atoms. The van der Waals surface area contributed by atoms with Crippen molar-refractivity contribution in [1.82, 2.24) is 0 Å². The maximum absolute atomic E-state index is 2.56. The van der Waals surface area contributed by atoms with Gasteiger partial charge < -0.3 is 0 Å². The molecule has 0 saturated carbocycles. The Labute approximate surface area is 164 Å². The van der Waals surface area contributed by atoms with Gasteiger partial charge in [0.1, 0.15) is 0 Å². The second-order valence-electron chi connectivity index (χ2n) is 8.70. The smallest absolute Gasteiger partial charge is 0.00622 e. The van der Waals surface area contributed by atoms with Gasteiger partial charge in [-0.3, -0.25) is 0 Å². The molecule has 0 bridgehead atoms. The van der Waals surface area contributed by atoms with E-state index in [0.717, 1.165) is 22.6 Å². The number of hydrogen-bond donors (Lipinski definition) is 0. The molecule has 2 aromatic carbocycles. The van der Waals surface area contributed by atoms with Crippen LogP contribution < -0.4 is 0 Å². The minimum absolute atomic E-state index is 0.0195. The van der Waals surface area contributed by atoms with Gasteiger partial charge in [0.15, 0.2) is 0 Å². The Morgan fingerprint density at radius 1 is 0.654 bits per heavy atom. The van der Waals surface area contributed by atoms with Crippen LogP contribution in [0.5, 0.6) is 0 Å². The van der Waals surface area contributed by atoms with Gasteiger partial charge in [0, 0.05) is 0 Å². The van der Waals surface area contributed by atoms with Crippen molar-refractivity contribution in [2.75, 3.05) is 0 Å². The van der Waals surface area contributed by atoms with Gasteiger partial charge in [0.2, 0.25) is 0 Å². The van der Waals surface area contributed by atoms with Gasteiger partial charge in [-0.05, 0) is 56.9 Å². The average Bonchev–Trinajstić information content (AvgIpc) is 2.56. The zero-order valence-corrected chi connectivity index (χ0v) is 19.9. The minimum atomic E-state index is 0.0195. The Hall–Kier alpha value is -0.440. The van der Waals surface area contributed by atoms with Gasteiger partial charge in [0.25, 0.3) is 0 Å². The summed E-state index contributed by atoms with van der Waals surface area (Å²) in [4.78, 5) is 0. The van der Waals surface area contributed by atoms with Crippen molar-refractivity contribution in [3.63, 3.8) is 0 Å². The molecule has 0 radical (unpaired) electrons. The number of benzene rings is 2. The molecule has 0 heterocycles. The fourth-order valence-electron chi connectivity index (χ4n) is 4.01. The maximum atomic E-state index is 2.56. The quantitative estimate of drug-likeness (QED) is 0.398. The molecule has 2 rings (SSSR count). The van der Waals surface area contributed by atoms with Crippen LogP contribution in [0.1, 0.15) is 66.5 Å². The SMILES string of the molecule is CC(C)P(Cc1cc(CP(C(C)C)C(C)C)c2ccccc2c1)C(C)C. The summed E-state index contributed by atoms with van der Waals surface area (Å²) >= 11 is 0. The molecule has 0 atom stereocenters. The number of rotatable bonds is 8. The summed E-state index contributed by atoms with van der Waals surface area (Å²) < 4.78 is 0. The molecule has 0 saturated heterocycles. The van der Waals surface area contributed by atoms with Crippen LogP contribution >= 0.6 is 15.8 Å². The number of fused-ring (bicyclic) bond motifs is 1. The third-order valence-corrected chi connectivity index (χ3v) is 12.1. The fraction of sp³-hybridized carbons (Fsp3) is 0.583. The van der Waals surface area contributed by atoms with E-state index in [1.54, 1.807) is 11.1 Å². The van der Waals surface area contributed by atoms with E-state index >= 15 is 0 Å². The monoisotopic (exact) mass is 388 g/mol. The number of hydrogen-bond acceptors (Lipinski definition) is 0. The lowest BCUT2D eigenvalue weighted by atomic mass is 10.0. The van der Waals surface area contributed by atoms with Crippen molar-refractivity contribution < 1.29 is 0 Å². The van der Waals surface area contributed by atoms with Gasteiger partial charge in [-0.25, -0.2) is 0 Å². The first-order valence-corrected chi connectivity index (χ1v) is 13.6. The van der Waals surface area contributed by atoms with Crippen molar-refractivity contribution in [3.8, 4) is 0 Å². The summed E-state index contributed by atoms with van der Waals surface area (Å²) in [6.45, 7) is 19.3. The van der Waals surface area contributed by atoms with E-state index in [4.69, 9.17) is 0 Å². The van der Waals surface area contributed by atoms with Crippen LogP contribution in [0.2, 0.25) is 0 Å². The Kier molecular flexibility index (Phi) is 8.12. The summed E-state index contributed by atoms with van der Waals surface area (Å²) in [6.07, 6.45) is 2.53.